The Morgan fingerprint density at radius 1 is 1.40 bits per heavy atom. The van der Waals surface area contributed by atoms with Crippen LogP contribution in [0.15, 0.2) is 0 Å². The summed E-state index contributed by atoms with van der Waals surface area (Å²) in [4.78, 5) is 2.25. The first-order valence-corrected chi connectivity index (χ1v) is 5.64. The molecule has 15 heavy (non-hydrogen) atoms. The van der Waals surface area contributed by atoms with Crippen LogP contribution in [0.4, 0.5) is 0 Å². The summed E-state index contributed by atoms with van der Waals surface area (Å²) in [5, 5.41) is 0. The molecule has 4 nitrogen and oxygen atoms in total. The quantitative estimate of drug-likeness (QED) is 0.575. The summed E-state index contributed by atoms with van der Waals surface area (Å²) in [5.74, 6) is 0.451. The smallest absolute Gasteiger partial charge is 0.0593 e. The molecule has 0 rings (SSSR count). The zero-order valence-corrected chi connectivity index (χ0v) is 10.5. The van der Waals surface area contributed by atoms with E-state index in [1.54, 1.807) is 7.11 Å². The molecule has 0 fully saturated rings. The molecule has 0 saturated heterocycles. The van der Waals surface area contributed by atoms with Crippen LogP contribution in [-0.4, -0.2) is 58.0 Å². The molecule has 0 spiro atoms. The Labute approximate surface area is 93.7 Å². The van der Waals surface area contributed by atoms with Gasteiger partial charge in [0.15, 0.2) is 0 Å². The zero-order chi connectivity index (χ0) is 11.7. The van der Waals surface area contributed by atoms with Gasteiger partial charge in [0.05, 0.1) is 13.2 Å². The fourth-order valence-electron chi connectivity index (χ4n) is 1.74. The number of nitrogens with zero attached hydrogens (tertiary/aromatic N) is 1. The molecule has 0 aromatic heterocycles. The van der Waals surface area contributed by atoms with E-state index in [1.165, 1.54) is 0 Å². The first-order chi connectivity index (χ1) is 7.17. The molecule has 2 atom stereocenters. The van der Waals surface area contributed by atoms with E-state index in [9.17, 15) is 0 Å². The monoisotopic (exact) mass is 218 g/mol. The van der Waals surface area contributed by atoms with E-state index in [2.05, 4.69) is 18.9 Å². The summed E-state index contributed by atoms with van der Waals surface area (Å²) < 4.78 is 10.5. The Morgan fingerprint density at radius 3 is 2.53 bits per heavy atom. The summed E-state index contributed by atoms with van der Waals surface area (Å²) in [6.07, 6.45) is 0. The predicted molar refractivity (Wildman–Crippen MR) is 63.0 cm³/mol. The second-order valence-corrected chi connectivity index (χ2v) is 3.91. The lowest BCUT2D eigenvalue weighted by atomic mass is 10.0. The number of nitrogens with two attached hydrogens (primary N) is 1. The van der Waals surface area contributed by atoms with Gasteiger partial charge >= 0.3 is 0 Å². The molecule has 0 aliphatic carbocycles. The van der Waals surface area contributed by atoms with Gasteiger partial charge in [0.1, 0.15) is 0 Å². The molecule has 0 aromatic carbocycles. The summed E-state index contributed by atoms with van der Waals surface area (Å²) in [7, 11) is 3.81. The van der Waals surface area contributed by atoms with Crippen LogP contribution in [0.3, 0.4) is 0 Å². The van der Waals surface area contributed by atoms with Crippen molar-refractivity contribution in [3.63, 3.8) is 0 Å². The number of likely N-dealkylation sites (N-methyl/N-ethyl adjacent to an activating group) is 1. The lowest BCUT2D eigenvalue weighted by molar-refractivity contribution is 0.0700. The highest BCUT2D eigenvalue weighted by molar-refractivity contribution is 4.75. The second-order valence-electron chi connectivity index (χ2n) is 3.91. The number of methoxy groups -OCH3 is 1. The van der Waals surface area contributed by atoms with Crippen molar-refractivity contribution in [2.75, 3.05) is 47.1 Å². The fraction of sp³-hybridized carbons (Fsp3) is 1.00. The van der Waals surface area contributed by atoms with E-state index in [0.29, 0.717) is 18.5 Å². The molecule has 0 aliphatic heterocycles. The molecule has 0 radical (unpaired) electrons. The molecule has 4 heteroatoms. The summed E-state index contributed by atoms with van der Waals surface area (Å²) in [6, 6.07) is 0.366. The van der Waals surface area contributed by atoms with E-state index in [4.69, 9.17) is 15.2 Å². The van der Waals surface area contributed by atoms with Crippen molar-refractivity contribution >= 4 is 0 Å². The number of hydrogen-bond donors (Lipinski definition) is 1. The van der Waals surface area contributed by atoms with Crippen LogP contribution >= 0.6 is 0 Å². The normalized spacial score (nSPS) is 15.6. The first kappa shape index (κ1) is 14.8. The maximum absolute atomic E-state index is 5.77. The predicted octanol–water partition coefficient (Wildman–Crippen LogP) is 0.565. The van der Waals surface area contributed by atoms with Crippen LogP contribution in [0, 0.1) is 5.92 Å². The van der Waals surface area contributed by atoms with Gasteiger partial charge in [0, 0.05) is 32.8 Å². The lowest BCUT2D eigenvalue weighted by Gasteiger charge is -2.31. The SMILES string of the molecule is CCOCCN(C)C(CN)C(C)COC. The third-order valence-corrected chi connectivity index (χ3v) is 2.69. The highest BCUT2D eigenvalue weighted by atomic mass is 16.5. The van der Waals surface area contributed by atoms with Gasteiger partial charge in [-0.25, -0.2) is 0 Å². The Balaban J connectivity index is 3.91. The topological polar surface area (TPSA) is 47.7 Å². The molecule has 2 N–H and O–H groups in total. The lowest BCUT2D eigenvalue weighted by Crippen LogP contribution is -2.45. The van der Waals surface area contributed by atoms with E-state index < -0.39 is 0 Å². The average Bonchev–Trinajstić information content (AvgIpc) is 2.19. The summed E-state index contributed by atoms with van der Waals surface area (Å²) >= 11 is 0. The Bertz CT molecular complexity index is 145. The Morgan fingerprint density at radius 2 is 2.07 bits per heavy atom. The minimum Gasteiger partial charge on any atom is -0.384 e. The number of hydrogen-bond acceptors (Lipinski definition) is 4. The van der Waals surface area contributed by atoms with Crippen molar-refractivity contribution in [1.82, 2.24) is 4.90 Å². The highest BCUT2D eigenvalue weighted by Crippen LogP contribution is 2.08. The molecule has 0 amide bonds. The van der Waals surface area contributed by atoms with Crippen molar-refractivity contribution in [3.8, 4) is 0 Å². The second kappa shape index (κ2) is 9.09. The van der Waals surface area contributed by atoms with Crippen molar-refractivity contribution in [2.45, 2.75) is 19.9 Å². The van der Waals surface area contributed by atoms with Gasteiger partial charge in [-0.2, -0.15) is 0 Å². The summed E-state index contributed by atoms with van der Waals surface area (Å²) in [6.45, 7) is 8.04. The van der Waals surface area contributed by atoms with Gasteiger partial charge in [-0.3, -0.25) is 4.90 Å². The maximum atomic E-state index is 5.77. The molecule has 0 bridgehead atoms. The molecular formula is C11H26N2O2. The van der Waals surface area contributed by atoms with E-state index in [0.717, 1.165) is 26.4 Å². The van der Waals surface area contributed by atoms with Crippen LogP contribution in [-0.2, 0) is 9.47 Å². The molecule has 0 saturated carbocycles. The third-order valence-electron chi connectivity index (χ3n) is 2.69. The maximum Gasteiger partial charge on any atom is 0.0593 e. The van der Waals surface area contributed by atoms with Crippen molar-refractivity contribution < 1.29 is 9.47 Å². The van der Waals surface area contributed by atoms with Crippen molar-refractivity contribution in [1.29, 1.82) is 0 Å². The standard InChI is InChI=1S/C11H26N2O2/c1-5-15-7-6-13(3)11(8-12)10(2)9-14-4/h10-11H,5-9,12H2,1-4H3. The molecule has 0 aliphatic rings. The van der Waals surface area contributed by atoms with Gasteiger partial charge in [0.25, 0.3) is 0 Å². The minimum atomic E-state index is 0.366. The Hall–Kier alpha value is -0.160. The summed E-state index contributed by atoms with van der Waals surface area (Å²) in [5.41, 5.74) is 5.77. The van der Waals surface area contributed by atoms with Gasteiger partial charge in [-0.15, -0.1) is 0 Å². The minimum absolute atomic E-state index is 0.366. The molecule has 2 unspecified atom stereocenters. The van der Waals surface area contributed by atoms with Gasteiger partial charge in [-0.1, -0.05) is 6.92 Å². The van der Waals surface area contributed by atoms with Crippen LogP contribution < -0.4 is 5.73 Å². The first-order valence-electron chi connectivity index (χ1n) is 5.64. The number of rotatable bonds is 9. The zero-order valence-electron chi connectivity index (χ0n) is 10.5. The van der Waals surface area contributed by atoms with E-state index in [-0.39, 0.29) is 0 Å². The molecule has 0 heterocycles. The van der Waals surface area contributed by atoms with Crippen LogP contribution in [0.25, 0.3) is 0 Å². The fourth-order valence-corrected chi connectivity index (χ4v) is 1.74. The van der Waals surface area contributed by atoms with Gasteiger partial charge < -0.3 is 15.2 Å². The van der Waals surface area contributed by atoms with Crippen molar-refractivity contribution in [2.24, 2.45) is 11.7 Å². The Kier molecular flexibility index (Phi) is 9.00. The van der Waals surface area contributed by atoms with Gasteiger partial charge in [-0.05, 0) is 19.9 Å². The molecular weight excluding hydrogens is 192 g/mol. The van der Waals surface area contributed by atoms with E-state index in [1.807, 2.05) is 6.92 Å². The van der Waals surface area contributed by atoms with Crippen LogP contribution in [0.1, 0.15) is 13.8 Å². The number of ether oxygens (including phenoxy) is 2. The third kappa shape index (κ3) is 6.10. The van der Waals surface area contributed by atoms with Crippen LogP contribution in [0.2, 0.25) is 0 Å². The van der Waals surface area contributed by atoms with Gasteiger partial charge in [0.2, 0.25) is 0 Å². The van der Waals surface area contributed by atoms with Crippen LogP contribution in [0.5, 0.6) is 0 Å². The largest absolute Gasteiger partial charge is 0.384 e. The van der Waals surface area contributed by atoms with E-state index >= 15 is 0 Å². The van der Waals surface area contributed by atoms with Crippen molar-refractivity contribution in [3.05, 3.63) is 0 Å². The molecule has 0 aromatic rings. The highest BCUT2D eigenvalue weighted by Gasteiger charge is 2.19. The molecule has 92 valence electrons. The average molecular weight is 218 g/mol.